The molecule has 0 amide bonds. The molecular weight excluding hydrogens is 242 g/mol. The second-order valence-electron chi connectivity index (χ2n) is 4.79. The molecule has 0 bridgehead atoms. The number of hydrogen-bond acceptors (Lipinski definition) is 4. The number of carboxylic acid groups (broad SMARTS) is 1. The van der Waals surface area contributed by atoms with Crippen LogP contribution in [0, 0.1) is 18.3 Å². The zero-order valence-corrected chi connectivity index (χ0v) is 11.0. The van der Waals surface area contributed by atoms with Gasteiger partial charge in [0.15, 0.2) is 0 Å². The lowest BCUT2D eigenvalue weighted by molar-refractivity contribution is -0.138. The normalized spacial score (nSPS) is 16.1. The largest absolute Gasteiger partial charge is 0.480 e. The molecule has 1 aliphatic heterocycles. The molecule has 1 aromatic carbocycles. The fraction of sp³-hybridized carbons (Fsp3) is 0.429. The Bertz CT molecular complexity index is 514. The number of nitriles is 1. The quantitative estimate of drug-likeness (QED) is 0.879. The predicted molar refractivity (Wildman–Crippen MR) is 72.2 cm³/mol. The molecule has 1 aliphatic rings. The van der Waals surface area contributed by atoms with Gasteiger partial charge in [0.2, 0.25) is 0 Å². The van der Waals surface area contributed by atoms with Gasteiger partial charge in [-0.2, -0.15) is 5.26 Å². The standard InChI is InChI=1S/C14H17N3O2/c1-11-2-3-13(12(8-11)9-15)17-6-4-16(5-7-17)10-14(18)19/h2-3,8H,4-7,10H2,1H3,(H,18,19). The molecule has 5 nitrogen and oxygen atoms in total. The summed E-state index contributed by atoms with van der Waals surface area (Å²) >= 11 is 0. The van der Waals surface area contributed by atoms with Crippen molar-refractivity contribution in [3.8, 4) is 6.07 Å². The lowest BCUT2D eigenvalue weighted by Crippen LogP contribution is -2.48. The van der Waals surface area contributed by atoms with Crippen LogP contribution < -0.4 is 4.90 Å². The van der Waals surface area contributed by atoms with E-state index in [1.54, 1.807) is 0 Å². The van der Waals surface area contributed by atoms with Gasteiger partial charge in [0.05, 0.1) is 17.8 Å². The maximum atomic E-state index is 10.7. The summed E-state index contributed by atoms with van der Waals surface area (Å²) in [7, 11) is 0. The number of aryl methyl sites for hydroxylation is 1. The zero-order chi connectivity index (χ0) is 13.8. The average molecular weight is 259 g/mol. The monoisotopic (exact) mass is 259 g/mol. The number of hydrogen-bond donors (Lipinski definition) is 1. The highest BCUT2D eigenvalue weighted by Gasteiger charge is 2.20. The maximum Gasteiger partial charge on any atom is 0.317 e. The van der Waals surface area contributed by atoms with Crippen molar-refractivity contribution >= 4 is 11.7 Å². The van der Waals surface area contributed by atoms with E-state index in [0.717, 1.165) is 24.3 Å². The average Bonchev–Trinajstić information content (AvgIpc) is 2.39. The summed E-state index contributed by atoms with van der Waals surface area (Å²) in [5.41, 5.74) is 2.71. The van der Waals surface area contributed by atoms with Crippen LogP contribution in [0.15, 0.2) is 18.2 Å². The van der Waals surface area contributed by atoms with Crippen molar-refractivity contribution in [2.75, 3.05) is 37.6 Å². The molecule has 2 rings (SSSR count). The summed E-state index contributed by atoms with van der Waals surface area (Å²) in [6.07, 6.45) is 0. The van der Waals surface area contributed by atoms with Crippen molar-refractivity contribution in [2.45, 2.75) is 6.92 Å². The minimum absolute atomic E-state index is 0.0901. The van der Waals surface area contributed by atoms with Gasteiger partial charge >= 0.3 is 5.97 Å². The number of carboxylic acids is 1. The second-order valence-corrected chi connectivity index (χ2v) is 4.79. The molecule has 19 heavy (non-hydrogen) atoms. The van der Waals surface area contributed by atoms with Gasteiger partial charge in [-0.1, -0.05) is 6.07 Å². The van der Waals surface area contributed by atoms with Crippen LogP contribution in [0.25, 0.3) is 0 Å². The molecule has 0 unspecified atom stereocenters. The molecule has 0 aromatic heterocycles. The first-order valence-electron chi connectivity index (χ1n) is 6.30. The first-order chi connectivity index (χ1) is 9.10. The van der Waals surface area contributed by atoms with Crippen LogP contribution in [-0.2, 0) is 4.79 Å². The van der Waals surface area contributed by atoms with E-state index in [1.807, 2.05) is 30.0 Å². The van der Waals surface area contributed by atoms with Gasteiger partial charge in [0.25, 0.3) is 0 Å². The van der Waals surface area contributed by atoms with Crippen LogP contribution in [-0.4, -0.2) is 48.7 Å². The van der Waals surface area contributed by atoms with Crippen molar-refractivity contribution in [3.63, 3.8) is 0 Å². The number of anilines is 1. The summed E-state index contributed by atoms with van der Waals surface area (Å²) in [5, 5.41) is 17.9. The Morgan fingerprint density at radius 2 is 2.05 bits per heavy atom. The number of benzene rings is 1. The number of nitrogens with zero attached hydrogens (tertiary/aromatic N) is 3. The van der Waals surface area contributed by atoms with E-state index in [4.69, 9.17) is 5.11 Å². The third-order valence-corrected chi connectivity index (χ3v) is 3.34. The number of aliphatic carboxylic acids is 1. The molecule has 0 atom stereocenters. The van der Waals surface area contributed by atoms with Gasteiger partial charge in [0, 0.05) is 26.2 Å². The molecule has 0 aliphatic carbocycles. The molecule has 0 saturated carbocycles. The van der Waals surface area contributed by atoms with Crippen molar-refractivity contribution in [1.29, 1.82) is 5.26 Å². The van der Waals surface area contributed by atoms with Crippen LogP contribution in [0.5, 0.6) is 0 Å². The molecular formula is C14H17N3O2. The van der Waals surface area contributed by atoms with Gasteiger partial charge in [-0.05, 0) is 24.6 Å². The van der Waals surface area contributed by atoms with E-state index in [0.29, 0.717) is 18.7 Å². The van der Waals surface area contributed by atoms with Crippen LogP contribution >= 0.6 is 0 Å². The van der Waals surface area contributed by atoms with Crippen molar-refractivity contribution in [1.82, 2.24) is 4.90 Å². The Morgan fingerprint density at radius 3 is 2.63 bits per heavy atom. The van der Waals surface area contributed by atoms with E-state index in [1.165, 1.54) is 0 Å². The highest BCUT2D eigenvalue weighted by atomic mass is 16.4. The molecule has 5 heteroatoms. The van der Waals surface area contributed by atoms with Crippen LogP contribution in [0.1, 0.15) is 11.1 Å². The fourth-order valence-corrected chi connectivity index (χ4v) is 2.35. The lowest BCUT2D eigenvalue weighted by atomic mass is 10.1. The molecule has 1 N–H and O–H groups in total. The molecule has 100 valence electrons. The topological polar surface area (TPSA) is 67.6 Å². The SMILES string of the molecule is Cc1ccc(N2CCN(CC(=O)O)CC2)c(C#N)c1. The fourth-order valence-electron chi connectivity index (χ4n) is 2.35. The molecule has 1 heterocycles. The highest BCUT2D eigenvalue weighted by Crippen LogP contribution is 2.22. The Morgan fingerprint density at radius 1 is 1.37 bits per heavy atom. The second kappa shape index (κ2) is 5.72. The summed E-state index contributed by atoms with van der Waals surface area (Å²) < 4.78 is 0. The Kier molecular flexibility index (Phi) is 4.03. The minimum Gasteiger partial charge on any atom is -0.480 e. The van der Waals surface area contributed by atoms with Gasteiger partial charge in [0.1, 0.15) is 6.07 Å². The smallest absolute Gasteiger partial charge is 0.317 e. The van der Waals surface area contributed by atoms with Gasteiger partial charge in [-0.3, -0.25) is 9.69 Å². The third-order valence-electron chi connectivity index (χ3n) is 3.34. The van der Waals surface area contributed by atoms with Gasteiger partial charge in [-0.25, -0.2) is 0 Å². The molecule has 1 aromatic rings. The Hall–Kier alpha value is -2.06. The summed E-state index contributed by atoms with van der Waals surface area (Å²) in [6, 6.07) is 8.09. The van der Waals surface area contributed by atoms with Gasteiger partial charge in [-0.15, -0.1) is 0 Å². The Labute approximate surface area is 112 Å². The summed E-state index contributed by atoms with van der Waals surface area (Å²) in [5.74, 6) is -0.790. The first-order valence-corrected chi connectivity index (χ1v) is 6.30. The van der Waals surface area contributed by atoms with Crippen molar-refractivity contribution in [3.05, 3.63) is 29.3 Å². The van der Waals surface area contributed by atoms with E-state index in [9.17, 15) is 10.1 Å². The van der Waals surface area contributed by atoms with E-state index in [2.05, 4.69) is 11.0 Å². The van der Waals surface area contributed by atoms with Crippen LogP contribution in [0.3, 0.4) is 0 Å². The highest BCUT2D eigenvalue weighted by molar-refractivity contribution is 5.69. The first kappa shape index (κ1) is 13.4. The van der Waals surface area contributed by atoms with Crippen molar-refractivity contribution < 1.29 is 9.90 Å². The van der Waals surface area contributed by atoms with Gasteiger partial charge < -0.3 is 10.0 Å². The van der Waals surface area contributed by atoms with E-state index in [-0.39, 0.29) is 6.54 Å². The lowest BCUT2D eigenvalue weighted by Gasteiger charge is -2.35. The molecule has 1 saturated heterocycles. The third kappa shape index (κ3) is 3.24. The van der Waals surface area contributed by atoms with E-state index < -0.39 is 5.97 Å². The molecule has 0 radical (unpaired) electrons. The zero-order valence-electron chi connectivity index (χ0n) is 11.0. The maximum absolute atomic E-state index is 10.7. The number of piperazine rings is 1. The molecule has 0 spiro atoms. The molecule has 1 fully saturated rings. The predicted octanol–water partition coefficient (Wildman–Crippen LogP) is 1.07. The van der Waals surface area contributed by atoms with E-state index >= 15 is 0 Å². The van der Waals surface area contributed by atoms with Crippen molar-refractivity contribution in [2.24, 2.45) is 0 Å². The van der Waals surface area contributed by atoms with Crippen LogP contribution in [0.2, 0.25) is 0 Å². The summed E-state index contributed by atoms with van der Waals surface area (Å²) in [6.45, 7) is 4.99. The summed E-state index contributed by atoms with van der Waals surface area (Å²) in [4.78, 5) is 14.7. The number of carbonyl (C=O) groups is 1. The van der Waals surface area contributed by atoms with Crippen LogP contribution in [0.4, 0.5) is 5.69 Å². The number of rotatable bonds is 3. The Balaban J connectivity index is 2.06. The minimum atomic E-state index is -0.790.